The standard InChI is InChI=1S/C23H23N3O4S/c27-23(24-28)20-6-10-21(11-7-20)25-14-16-26(17-15-25)31(29,30)22-12-8-19(9-13-22)18-4-2-1-3-5-18/h1-13,28H,14-17H2,(H,24,27). The SMILES string of the molecule is O=C(NO)c1ccc(N2CCN(S(=O)(=O)c3ccc(-c4ccccc4)cc3)CC2)cc1. The fourth-order valence-electron chi connectivity index (χ4n) is 3.67. The molecule has 0 unspecified atom stereocenters. The first kappa shape index (κ1) is 21.0. The third-order valence-corrected chi connectivity index (χ3v) is 7.35. The Morgan fingerprint density at radius 3 is 1.94 bits per heavy atom. The zero-order valence-corrected chi connectivity index (χ0v) is 17.6. The number of benzene rings is 3. The van der Waals surface area contributed by atoms with Crippen LogP contribution in [0.2, 0.25) is 0 Å². The minimum absolute atomic E-state index is 0.292. The highest BCUT2D eigenvalue weighted by molar-refractivity contribution is 7.89. The van der Waals surface area contributed by atoms with E-state index in [1.165, 1.54) is 4.31 Å². The highest BCUT2D eigenvalue weighted by atomic mass is 32.2. The summed E-state index contributed by atoms with van der Waals surface area (Å²) in [6, 6.07) is 23.7. The molecule has 1 saturated heterocycles. The van der Waals surface area contributed by atoms with Crippen LogP contribution in [0.5, 0.6) is 0 Å². The van der Waals surface area contributed by atoms with Gasteiger partial charge in [0, 0.05) is 37.4 Å². The van der Waals surface area contributed by atoms with Gasteiger partial charge in [0.1, 0.15) is 0 Å². The second-order valence-corrected chi connectivity index (χ2v) is 9.21. The molecule has 31 heavy (non-hydrogen) atoms. The number of nitrogens with one attached hydrogen (secondary N) is 1. The van der Waals surface area contributed by atoms with Gasteiger partial charge in [0.25, 0.3) is 5.91 Å². The van der Waals surface area contributed by atoms with Gasteiger partial charge in [0.2, 0.25) is 10.0 Å². The lowest BCUT2D eigenvalue weighted by molar-refractivity contribution is 0.0706. The van der Waals surface area contributed by atoms with Gasteiger partial charge >= 0.3 is 0 Å². The van der Waals surface area contributed by atoms with E-state index in [2.05, 4.69) is 4.90 Å². The van der Waals surface area contributed by atoms with Crippen LogP contribution < -0.4 is 10.4 Å². The van der Waals surface area contributed by atoms with E-state index in [1.54, 1.807) is 41.9 Å². The zero-order chi connectivity index (χ0) is 21.8. The van der Waals surface area contributed by atoms with Crippen molar-refractivity contribution in [2.24, 2.45) is 0 Å². The lowest BCUT2D eigenvalue weighted by atomic mass is 10.1. The van der Waals surface area contributed by atoms with Crippen molar-refractivity contribution in [2.45, 2.75) is 4.90 Å². The molecule has 1 fully saturated rings. The number of carbonyl (C=O) groups is 1. The Labute approximate surface area is 181 Å². The zero-order valence-electron chi connectivity index (χ0n) is 16.8. The van der Waals surface area contributed by atoms with Crippen LogP contribution in [-0.2, 0) is 10.0 Å². The van der Waals surface area contributed by atoms with E-state index in [0.29, 0.717) is 36.6 Å². The van der Waals surface area contributed by atoms with Gasteiger partial charge in [-0.25, -0.2) is 13.9 Å². The Bertz CT molecular complexity index is 1140. The summed E-state index contributed by atoms with van der Waals surface area (Å²) in [5.41, 5.74) is 4.88. The van der Waals surface area contributed by atoms with Gasteiger partial charge in [-0.1, -0.05) is 42.5 Å². The molecule has 0 aromatic heterocycles. The van der Waals surface area contributed by atoms with Crippen LogP contribution in [0.1, 0.15) is 10.4 Å². The molecule has 1 aliphatic heterocycles. The molecule has 8 heteroatoms. The van der Waals surface area contributed by atoms with E-state index >= 15 is 0 Å². The Morgan fingerprint density at radius 1 is 0.774 bits per heavy atom. The Hall–Kier alpha value is -3.20. The summed E-state index contributed by atoms with van der Waals surface area (Å²) >= 11 is 0. The highest BCUT2D eigenvalue weighted by Gasteiger charge is 2.28. The molecule has 1 amide bonds. The third kappa shape index (κ3) is 4.46. The Kier molecular flexibility index (Phi) is 6.03. The van der Waals surface area contributed by atoms with E-state index in [9.17, 15) is 13.2 Å². The summed E-state index contributed by atoms with van der Waals surface area (Å²) in [4.78, 5) is 13.8. The second kappa shape index (κ2) is 8.89. The van der Waals surface area contributed by atoms with Crippen molar-refractivity contribution in [3.8, 4) is 11.1 Å². The number of hydroxylamine groups is 1. The number of rotatable bonds is 5. The normalized spacial score (nSPS) is 14.9. The van der Waals surface area contributed by atoms with Gasteiger partial charge in [-0.05, 0) is 47.5 Å². The van der Waals surface area contributed by atoms with Crippen LogP contribution in [0, 0.1) is 0 Å². The fraction of sp³-hybridized carbons (Fsp3) is 0.174. The molecule has 160 valence electrons. The van der Waals surface area contributed by atoms with E-state index in [0.717, 1.165) is 16.8 Å². The first-order valence-corrected chi connectivity index (χ1v) is 11.4. The van der Waals surface area contributed by atoms with Gasteiger partial charge in [-0.2, -0.15) is 4.31 Å². The third-order valence-electron chi connectivity index (χ3n) is 5.43. The topological polar surface area (TPSA) is 89.9 Å². The van der Waals surface area contributed by atoms with Gasteiger partial charge in [0.05, 0.1) is 4.90 Å². The van der Waals surface area contributed by atoms with Crippen molar-refractivity contribution in [3.05, 3.63) is 84.4 Å². The second-order valence-electron chi connectivity index (χ2n) is 7.27. The van der Waals surface area contributed by atoms with Crippen LogP contribution in [0.15, 0.2) is 83.8 Å². The van der Waals surface area contributed by atoms with Crippen molar-refractivity contribution >= 4 is 21.6 Å². The molecule has 4 rings (SSSR count). The van der Waals surface area contributed by atoms with Crippen LogP contribution in [0.25, 0.3) is 11.1 Å². The summed E-state index contributed by atoms with van der Waals surface area (Å²) in [6.07, 6.45) is 0. The largest absolute Gasteiger partial charge is 0.369 e. The van der Waals surface area contributed by atoms with Gasteiger partial charge < -0.3 is 4.90 Å². The molecule has 2 N–H and O–H groups in total. The monoisotopic (exact) mass is 437 g/mol. The number of amides is 1. The molecule has 0 atom stereocenters. The van der Waals surface area contributed by atoms with Crippen molar-refractivity contribution in [2.75, 3.05) is 31.1 Å². The maximum absolute atomic E-state index is 13.1. The van der Waals surface area contributed by atoms with Crippen LogP contribution in [0.4, 0.5) is 5.69 Å². The average molecular weight is 438 g/mol. The van der Waals surface area contributed by atoms with Crippen molar-refractivity contribution in [1.29, 1.82) is 0 Å². The summed E-state index contributed by atoms with van der Waals surface area (Å²) in [5.74, 6) is -0.569. The number of piperazine rings is 1. The smallest absolute Gasteiger partial charge is 0.274 e. The van der Waals surface area contributed by atoms with Gasteiger partial charge in [-0.15, -0.1) is 0 Å². The molecule has 1 aliphatic rings. The first-order valence-electron chi connectivity index (χ1n) is 9.94. The minimum Gasteiger partial charge on any atom is -0.369 e. The van der Waals surface area contributed by atoms with E-state index < -0.39 is 15.9 Å². The number of nitrogens with zero attached hydrogens (tertiary/aromatic N) is 2. The molecule has 0 bridgehead atoms. The molecule has 0 spiro atoms. The number of carbonyl (C=O) groups excluding carboxylic acids is 1. The first-order chi connectivity index (χ1) is 15.0. The minimum atomic E-state index is -3.56. The molecule has 3 aromatic carbocycles. The number of hydrogen-bond acceptors (Lipinski definition) is 5. The summed E-state index contributed by atoms with van der Waals surface area (Å²) < 4.78 is 27.6. The van der Waals surface area contributed by atoms with Crippen molar-refractivity contribution in [1.82, 2.24) is 9.79 Å². The van der Waals surface area contributed by atoms with E-state index in [-0.39, 0.29) is 0 Å². The quantitative estimate of drug-likeness (QED) is 0.473. The number of sulfonamides is 1. The van der Waals surface area contributed by atoms with E-state index in [4.69, 9.17) is 5.21 Å². The number of hydrogen-bond donors (Lipinski definition) is 2. The van der Waals surface area contributed by atoms with E-state index in [1.807, 2.05) is 42.5 Å². The molecule has 0 radical (unpaired) electrons. The molecule has 7 nitrogen and oxygen atoms in total. The van der Waals surface area contributed by atoms with Crippen molar-refractivity contribution < 1.29 is 18.4 Å². The van der Waals surface area contributed by atoms with Gasteiger partial charge in [0.15, 0.2) is 0 Å². The molecule has 3 aromatic rings. The fourth-order valence-corrected chi connectivity index (χ4v) is 5.10. The van der Waals surface area contributed by atoms with Crippen LogP contribution in [-0.4, -0.2) is 50.0 Å². The Balaban J connectivity index is 1.42. The summed E-state index contributed by atoms with van der Waals surface area (Å²) in [5, 5.41) is 8.71. The van der Waals surface area contributed by atoms with Crippen LogP contribution in [0.3, 0.4) is 0 Å². The predicted molar refractivity (Wildman–Crippen MR) is 119 cm³/mol. The lowest BCUT2D eigenvalue weighted by Crippen LogP contribution is -2.48. The predicted octanol–water partition coefficient (Wildman–Crippen LogP) is 2.98. The maximum Gasteiger partial charge on any atom is 0.274 e. The van der Waals surface area contributed by atoms with Crippen molar-refractivity contribution in [3.63, 3.8) is 0 Å². The molecule has 0 aliphatic carbocycles. The molecule has 0 saturated carbocycles. The molecule has 1 heterocycles. The summed E-state index contributed by atoms with van der Waals surface area (Å²) in [7, 11) is -3.56. The number of anilines is 1. The summed E-state index contributed by atoms with van der Waals surface area (Å²) in [6.45, 7) is 1.85. The molecular weight excluding hydrogens is 414 g/mol. The lowest BCUT2D eigenvalue weighted by Gasteiger charge is -2.35. The highest BCUT2D eigenvalue weighted by Crippen LogP contribution is 2.25. The average Bonchev–Trinajstić information content (AvgIpc) is 2.84. The van der Waals surface area contributed by atoms with Gasteiger partial charge in [-0.3, -0.25) is 10.0 Å². The maximum atomic E-state index is 13.1. The van der Waals surface area contributed by atoms with Crippen LogP contribution >= 0.6 is 0 Å². The molecular formula is C23H23N3O4S. The Morgan fingerprint density at radius 2 is 1.35 bits per heavy atom.